The van der Waals surface area contributed by atoms with Crippen molar-refractivity contribution >= 4 is 45.1 Å². The van der Waals surface area contributed by atoms with E-state index in [-0.39, 0.29) is 5.78 Å². The molecule has 0 aliphatic heterocycles. The van der Waals surface area contributed by atoms with Gasteiger partial charge in [-0.15, -0.1) is 0 Å². The van der Waals surface area contributed by atoms with Gasteiger partial charge in [0, 0.05) is 28.1 Å². The van der Waals surface area contributed by atoms with Gasteiger partial charge in [0.15, 0.2) is 5.78 Å². The van der Waals surface area contributed by atoms with Crippen LogP contribution in [-0.4, -0.2) is 18.9 Å². The molecule has 28 heavy (non-hydrogen) atoms. The highest BCUT2D eigenvalue weighted by Crippen LogP contribution is 2.36. The number of rotatable bonds is 4. The number of ketones is 1. The topological polar surface area (TPSA) is 80.6 Å². The van der Waals surface area contributed by atoms with Crippen LogP contribution >= 0.6 is 0 Å². The maximum atomic E-state index is 12.4. The molecule has 6 heteroatoms. The van der Waals surface area contributed by atoms with E-state index in [0.29, 0.717) is 28.3 Å². The van der Waals surface area contributed by atoms with Crippen molar-refractivity contribution in [1.29, 1.82) is 0 Å². The standard InChI is InChI=1S/C22H18N2O4/c1-13(25)14-7-9-15(10-8-14)23-22(26)24-18-12-20-17(11-21(18)27-2)16-5-3-4-6-19(16)28-20/h3-12H,1-2H3,(H2,23,24,26). The molecule has 6 nitrogen and oxygen atoms in total. The fourth-order valence-electron chi connectivity index (χ4n) is 3.09. The summed E-state index contributed by atoms with van der Waals surface area (Å²) in [6.45, 7) is 1.50. The molecule has 0 bridgehead atoms. The fraction of sp³-hybridized carbons (Fsp3) is 0.0909. The Bertz CT molecular complexity index is 1190. The van der Waals surface area contributed by atoms with Gasteiger partial charge in [-0.3, -0.25) is 4.79 Å². The van der Waals surface area contributed by atoms with E-state index in [9.17, 15) is 9.59 Å². The number of furan rings is 1. The summed E-state index contributed by atoms with van der Waals surface area (Å²) >= 11 is 0. The molecule has 0 spiro atoms. The van der Waals surface area contributed by atoms with Crippen LogP contribution < -0.4 is 15.4 Å². The number of Topliss-reactive ketones (excluding diaryl/α,β-unsaturated/α-hetero) is 1. The maximum Gasteiger partial charge on any atom is 0.323 e. The quantitative estimate of drug-likeness (QED) is 0.466. The number of benzene rings is 3. The third-order valence-corrected chi connectivity index (χ3v) is 4.50. The van der Waals surface area contributed by atoms with Crippen molar-refractivity contribution in [3.05, 3.63) is 66.2 Å². The van der Waals surface area contributed by atoms with Gasteiger partial charge in [0.05, 0.1) is 12.8 Å². The van der Waals surface area contributed by atoms with Crippen molar-refractivity contribution in [2.24, 2.45) is 0 Å². The van der Waals surface area contributed by atoms with Crippen LogP contribution in [-0.2, 0) is 0 Å². The highest BCUT2D eigenvalue weighted by Gasteiger charge is 2.14. The number of anilines is 2. The molecule has 0 fully saturated rings. The number of hydrogen-bond donors (Lipinski definition) is 2. The summed E-state index contributed by atoms with van der Waals surface area (Å²) in [5.41, 5.74) is 3.08. The average molecular weight is 374 g/mol. The number of para-hydroxylation sites is 1. The number of amides is 2. The van der Waals surface area contributed by atoms with E-state index in [1.165, 1.54) is 6.92 Å². The average Bonchev–Trinajstić information content (AvgIpc) is 3.05. The van der Waals surface area contributed by atoms with Crippen molar-refractivity contribution in [3.8, 4) is 5.75 Å². The van der Waals surface area contributed by atoms with Gasteiger partial charge in [-0.25, -0.2) is 4.79 Å². The number of methoxy groups -OCH3 is 1. The molecule has 2 N–H and O–H groups in total. The van der Waals surface area contributed by atoms with E-state index in [1.54, 1.807) is 37.4 Å². The highest BCUT2D eigenvalue weighted by atomic mass is 16.5. The predicted octanol–water partition coefficient (Wildman–Crippen LogP) is 5.44. The summed E-state index contributed by atoms with van der Waals surface area (Å²) in [5.74, 6) is 0.501. The normalized spacial score (nSPS) is 10.8. The lowest BCUT2D eigenvalue weighted by atomic mass is 10.1. The molecule has 0 saturated heterocycles. The Hall–Kier alpha value is -3.80. The first kappa shape index (κ1) is 17.6. The third-order valence-electron chi connectivity index (χ3n) is 4.50. The molecule has 1 heterocycles. The van der Waals surface area contributed by atoms with Crippen LogP contribution in [0.25, 0.3) is 21.9 Å². The first-order chi connectivity index (χ1) is 13.5. The molecule has 0 unspecified atom stereocenters. The van der Waals surface area contributed by atoms with Gasteiger partial charge >= 0.3 is 6.03 Å². The van der Waals surface area contributed by atoms with E-state index >= 15 is 0 Å². The zero-order chi connectivity index (χ0) is 19.7. The van der Waals surface area contributed by atoms with Crippen molar-refractivity contribution in [3.63, 3.8) is 0 Å². The molecule has 140 valence electrons. The molecule has 0 saturated carbocycles. The maximum absolute atomic E-state index is 12.4. The molecular weight excluding hydrogens is 356 g/mol. The second-order valence-electron chi connectivity index (χ2n) is 6.36. The van der Waals surface area contributed by atoms with Gasteiger partial charge in [-0.05, 0) is 43.3 Å². The van der Waals surface area contributed by atoms with Crippen molar-refractivity contribution in [2.45, 2.75) is 6.92 Å². The third kappa shape index (κ3) is 3.27. The lowest BCUT2D eigenvalue weighted by Gasteiger charge is -2.11. The summed E-state index contributed by atoms with van der Waals surface area (Å²) in [7, 11) is 1.55. The highest BCUT2D eigenvalue weighted by molar-refractivity contribution is 6.08. The number of nitrogens with one attached hydrogen (secondary N) is 2. The number of ether oxygens (including phenoxy) is 1. The molecule has 0 aliphatic rings. The zero-order valence-corrected chi connectivity index (χ0v) is 15.4. The lowest BCUT2D eigenvalue weighted by Crippen LogP contribution is -2.19. The van der Waals surface area contributed by atoms with Gasteiger partial charge in [-0.1, -0.05) is 18.2 Å². The number of carbonyl (C=O) groups is 2. The van der Waals surface area contributed by atoms with Crippen LogP contribution in [0.1, 0.15) is 17.3 Å². The molecule has 4 rings (SSSR count). The monoisotopic (exact) mass is 374 g/mol. The van der Waals surface area contributed by atoms with Gasteiger partial charge in [0.25, 0.3) is 0 Å². The van der Waals surface area contributed by atoms with E-state index in [2.05, 4.69) is 10.6 Å². The number of carbonyl (C=O) groups excluding carboxylic acids is 2. The Morgan fingerprint density at radius 3 is 2.36 bits per heavy atom. The SMILES string of the molecule is COc1cc2c(cc1NC(=O)Nc1ccc(C(C)=O)cc1)oc1ccccc12. The molecule has 0 aliphatic carbocycles. The van der Waals surface area contributed by atoms with Crippen LogP contribution in [0.4, 0.5) is 16.2 Å². The first-order valence-electron chi connectivity index (χ1n) is 8.73. The summed E-state index contributed by atoms with van der Waals surface area (Å²) < 4.78 is 11.3. The lowest BCUT2D eigenvalue weighted by molar-refractivity contribution is 0.101. The largest absolute Gasteiger partial charge is 0.495 e. The van der Waals surface area contributed by atoms with E-state index in [4.69, 9.17) is 9.15 Å². The number of hydrogen-bond acceptors (Lipinski definition) is 4. The van der Waals surface area contributed by atoms with Crippen LogP contribution in [0, 0.1) is 0 Å². The molecule has 3 aromatic carbocycles. The van der Waals surface area contributed by atoms with Crippen molar-refractivity contribution in [1.82, 2.24) is 0 Å². The minimum atomic E-state index is -0.427. The van der Waals surface area contributed by atoms with E-state index in [1.807, 2.05) is 30.3 Å². The minimum absolute atomic E-state index is 0.0279. The molecule has 1 aromatic heterocycles. The van der Waals surface area contributed by atoms with E-state index in [0.717, 1.165) is 16.4 Å². The predicted molar refractivity (Wildman–Crippen MR) is 109 cm³/mol. The van der Waals surface area contributed by atoms with Gasteiger partial charge in [0.1, 0.15) is 16.9 Å². The number of fused-ring (bicyclic) bond motifs is 3. The molecule has 2 amide bonds. The van der Waals surface area contributed by atoms with Crippen molar-refractivity contribution < 1.29 is 18.7 Å². The molecular formula is C22H18N2O4. The molecule has 0 atom stereocenters. The van der Waals surface area contributed by atoms with Gasteiger partial charge in [-0.2, -0.15) is 0 Å². The molecule has 0 radical (unpaired) electrons. The Kier molecular flexibility index (Phi) is 4.45. The first-order valence-corrected chi connectivity index (χ1v) is 8.73. The second kappa shape index (κ2) is 7.08. The Morgan fingerprint density at radius 2 is 1.64 bits per heavy atom. The second-order valence-corrected chi connectivity index (χ2v) is 6.36. The van der Waals surface area contributed by atoms with Gasteiger partial charge < -0.3 is 19.8 Å². The molecule has 4 aromatic rings. The fourth-order valence-corrected chi connectivity index (χ4v) is 3.09. The van der Waals surface area contributed by atoms with Gasteiger partial charge in [0.2, 0.25) is 0 Å². The Morgan fingerprint density at radius 1 is 0.893 bits per heavy atom. The van der Waals surface area contributed by atoms with Crippen LogP contribution in [0.3, 0.4) is 0 Å². The summed E-state index contributed by atoms with van der Waals surface area (Å²) in [5, 5.41) is 7.42. The smallest absolute Gasteiger partial charge is 0.323 e. The van der Waals surface area contributed by atoms with Crippen LogP contribution in [0.2, 0.25) is 0 Å². The van der Waals surface area contributed by atoms with Crippen LogP contribution in [0.5, 0.6) is 5.75 Å². The zero-order valence-electron chi connectivity index (χ0n) is 15.4. The van der Waals surface area contributed by atoms with Crippen LogP contribution in [0.15, 0.2) is 65.1 Å². The Balaban J connectivity index is 1.60. The Labute approximate surface area is 161 Å². The number of urea groups is 1. The van der Waals surface area contributed by atoms with E-state index < -0.39 is 6.03 Å². The summed E-state index contributed by atoms with van der Waals surface area (Å²) in [6, 6.07) is 17.6. The van der Waals surface area contributed by atoms with Crippen molar-refractivity contribution in [2.75, 3.05) is 17.7 Å². The summed E-state index contributed by atoms with van der Waals surface area (Å²) in [4.78, 5) is 23.7. The minimum Gasteiger partial charge on any atom is -0.495 e. The summed E-state index contributed by atoms with van der Waals surface area (Å²) in [6.07, 6.45) is 0.